The average molecular weight is 234 g/mol. The van der Waals surface area contributed by atoms with Crippen LogP contribution in [0, 0.1) is 0 Å². The predicted molar refractivity (Wildman–Crippen MR) is 38.2 cm³/mol. The summed E-state index contributed by atoms with van der Waals surface area (Å²) in [5, 5.41) is 8.28. The lowest BCUT2D eigenvalue weighted by Gasteiger charge is -2.19. The highest BCUT2D eigenvalue weighted by Gasteiger charge is 2.58. The number of alkyl halides is 5. The largest absolute Gasteiger partial charge is 0.456 e. The van der Waals surface area contributed by atoms with Crippen LogP contribution in [0.4, 0.5) is 22.0 Å². The smallest absolute Gasteiger partial charge is 0.455 e. The maximum atomic E-state index is 12.2. The first-order valence-electron chi connectivity index (χ1n) is 3.52. The van der Waals surface area contributed by atoms with Gasteiger partial charge in [0.2, 0.25) is 0 Å². The van der Waals surface area contributed by atoms with Crippen LogP contribution in [0.1, 0.15) is 0 Å². The number of ether oxygens (including phenoxy) is 1. The number of hydrogen-bond donors (Lipinski definition) is 1. The Morgan fingerprint density at radius 1 is 1.27 bits per heavy atom. The Balaban J connectivity index is 4.28. The molecule has 0 aromatic heterocycles. The van der Waals surface area contributed by atoms with Gasteiger partial charge < -0.3 is 9.84 Å². The van der Waals surface area contributed by atoms with Crippen molar-refractivity contribution in [2.24, 2.45) is 0 Å². The number of halogens is 5. The van der Waals surface area contributed by atoms with E-state index in [0.29, 0.717) is 0 Å². The van der Waals surface area contributed by atoms with Crippen LogP contribution in [0.25, 0.3) is 0 Å². The second-order valence-corrected chi connectivity index (χ2v) is 2.54. The van der Waals surface area contributed by atoms with E-state index in [1.54, 1.807) is 0 Å². The molecule has 3 nitrogen and oxygen atoms in total. The van der Waals surface area contributed by atoms with E-state index in [4.69, 9.17) is 5.11 Å². The highest BCUT2D eigenvalue weighted by Crippen LogP contribution is 2.35. The molecule has 0 amide bonds. The zero-order valence-corrected chi connectivity index (χ0v) is 7.27. The summed E-state index contributed by atoms with van der Waals surface area (Å²) in [4.78, 5) is 10.6. The van der Waals surface area contributed by atoms with Crippen molar-refractivity contribution in [3.63, 3.8) is 0 Å². The molecule has 0 aliphatic rings. The number of aliphatic hydroxyl groups is 1. The summed E-state index contributed by atoms with van der Waals surface area (Å²) in [6.45, 7) is -0.124. The number of esters is 1. The summed E-state index contributed by atoms with van der Waals surface area (Å²) in [6, 6.07) is 0. The summed E-state index contributed by atoms with van der Waals surface area (Å²) < 4.78 is 62.6. The van der Waals surface area contributed by atoms with Gasteiger partial charge in [0.05, 0.1) is 12.2 Å². The van der Waals surface area contributed by atoms with Crippen molar-refractivity contribution in [2.75, 3.05) is 13.2 Å². The van der Waals surface area contributed by atoms with Gasteiger partial charge in [-0.25, -0.2) is 4.79 Å². The van der Waals surface area contributed by atoms with Crippen molar-refractivity contribution in [3.8, 4) is 0 Å². The summed E-state index contributed by atoms with van der Waals surface area (Å²) in [6.07, 6.45) is -5.78. The molecule has 0 saturated carbocycles. The summed E-state index contributed by atoms with van der Waals surface area (Å²) in [7, 11) is 0. The number of rotatable bonds is 4. The number of hydrogen-bond acceptors (Lipinski definition) is 3. The van der Waals surface area contributed by atoms with E-state index in [0.717, 1.165) is 0 Å². The summed E-state index contributed by atoms with van der Waals surface area (Å²) in [5.74, 6) is -6.61. The zero-order valence-electron chi connectivity index (χ0n) is 7.27. The van der Waals surface area contributed by atoms with Gasteiger partial charge in [-0.3, -0.25) is 0 Å². The van der Waals surface area contributed by atoms with Gasteiger partial charge >= 0.3 is 18.1 Å². The molecule has 0 aromatic rings. The van der Waals surface area contributed by atoms with Crippen molar-refractivity contribution >= 4 is 5.97 Å². The molecule has 15 heavy (non-hydrogen) atoms. The fourth-order valence-electron chi connectivity index (χ4n) is 0.405. The molecule has 0 aliphatic carbocycles. The van der Waals surface area contributed by atoms with Crippen molar-refractivity contribution in [2.45, 2.75) is 12.1 Å². The normalized spacial score (nSPS) is 12.4. The SMILES string of the molecule is C=C(CO)C(=O)OCC(F)(F)C(F)(F)F. The highest BCUT2D eigenvalue weighted by molar-refractivity contribution is 5.87. The van der Waals surface area contributed by atoms with Gasteiger partial charge in [0, 0.05) is 0 Å². The van der Waals surface area contributed by atoms with E-state index in [1.807, 2.05) is 0 Å². The predicted octanol–water partition coefficient (Wildman–Crippen LogP) is 1.28. The van der Waals surface area contributed by atoms with Crippen LogP contribution < -0.4 is 0 Å². The Bertz CT molecular complexity index is 258. The molecular weight excluding hydrogens is 227 g/mol. The van der Waals surface area contributed by atoms with E-state index in [1.165, 1.54) is 0 Å². The standard InChI is InChI=1S/C7H7F5O3/c1-4(2-13)5(14)15-3-6(8,9)7(10,11)12/h13H,1-3H2. The Morgan fingerprint density at radius 2 is 1.73 bits per heavy atom. The van der Waals surface area contributed by atoms with E-state index >= 15 is 0 Å². The van der Waals surface area contributed by atoms with Crippen LogP contribution in [0.5, 0.6) is 0 Å². The van der Waals surface area contributed by atoms with Gasteiger partial charge in [-0.1, -0.05) is 6.58 Å². The fourth-order valence-corrected chi connectivity index (χ4v) is 0.405. The van der Waals surface area contributed by atoms with E-state index < -0.39 is 36.9 Å². The number of aliphatic hydroxyl groups excluding tert-OH is 1. The lowest BCUT2D eigenvalue weighted by Crippen LogP contribution is -2.41. The van der Waals surface area contributed by atoms with Gasteiger partial charge in [0.25, 0.3) is 0 Å². The van der Waals surface area contributed by atoms with Crippen molar-refractivity contribution in [1.29, 1.82) is 0 Å². The van der Waals surface area contributed by atoms with Crippen LogP contribution in [-0.4, -0.2) is 36.4 Å². The first-order valence-corrected chi connectivity index (χ1v) is 3.52. The van der Waals surface area contributed by atoms with Crippen molar-refractivity contribution in [3.05, 3.63) is 12.2 Å². The Labute approximate surface area is 81.1 Å². The third kappa shape index (κ3) is 3.82. The first-order chi connectivity index (χ1) is 6.62. The molecule has 0 bridgehead atoms. The van der Waals surface area contributed by atoms with E-state index in [2.05, 4.69) is 11.3 Å². The minimum Gasteiger partial charge on any atom is -0.455 e. The average Bonchev–Trinajstić information content (AvgIpc) is 2.11. The molecule has 0 atom stereocenters. The quantitative estimate of drug-likeness (QED) is 0.452. The lowest BCUT2D eigenvalue weighted by atomic mass is 10.3. The zero-order chi connectivity index (χ0) is 12.3. The number of carbonyl (C=O) groups excluding carboxylic acids is 1. The summed E-state index contributed by atoms with van der Waals surface area (Å²) in [5.41, 5.74) is -0.604. The molecule has 0 unspecified atom stereocenters. The van der Waals surface area contributed by atoms with Gasteiger partial charge in [-0.15, -0.1) is 0 Å². The van der Waals surface area contributed by atoms with Gasteiger partial charge in [-0.05, 0) is 0 Å². The maximum absolute atomic E-state index is 12.2. The molecule has 8 heteroatoms. The molecular formula is C7H7F5O3. The second kappa shape index (κ2) is 4.56. The molecule has 0 aromatic carbocycles. The molecule has 0 heterocycles. The van der Waals surface area contributed by atoms with Gasteiger partial charge in [-0.2, -0.15) is 22.0 Å². The maximum Gasteiger partial charge on any atom is 0.456 e. The second-order valence-electron chi connectivity index (χ2n) is 2.54. The Morgan fingerprint density at radius 3 is 2.07 bits per heavy atom. The van der Waals surface area contributed by atoms with Gasteiger partial charge in [0.1, 0.15) is 0 Å². The fraction of sp³-hybridized carbons (Fsp3) is 0.571. The van der Waals surface area contributed by atoms with Crippen LogP contribution in [-0.2, 0) is 9.53 Å². The lowest BCUT2D eigenvalue weighted by molar-refractivity contribution is -0.293. The molecule has 0 saturated heterocycles. The van der Waals surface area contributed by atoms with E-state index in [-0.39, 0.29) is 0 Å². The van der Waals surface area contributed by atoms with Crippen LogP contribution in [0.15, 0.2) is 12.2 Å². The minimum atomic E-state index is -5.78. The minimum absolute atomic E-state index is 0.604. The third-order valence-electron chi connectivity index (χ3n) is 1.28. The van der Waals surface area contributed by atoms with E-state index in [9.17, 15) is 26.7 Å². The molecule has 0 radical (unpaired) electrons. The monoisotopic (exact) mass is 234 g/mol. The third-order valence-corrected chi connectivity index (χ3v) is 1.28. The Kier molecular flexibility index (Phi) is 4.20. The van der Waals surface area contributed by atoms with Crippen molar-refractivity contribution < 1.29 is 36.6 Å². The number of carbonyl (C=O) groups is 1. The first kappa shape index (κ1) is 13.8. The molecule has 0 fully saturated rings. The molecule has 88 valence electrons. The van der Waals surface area contributed by atoms with Crippen LogP contribution in [0.2, 0.25) is 0 Å². The highest BCUT2D eigenvalue weighted by atomic mass is 19.4. The molecule has 0 aliphatic heterocycles. The van der Waals surface area contributed by atoms with Crippen LogP contribution in [0.3, 0.4) is 0 Å². The molecule has 0 spiro atoms. The summed E-state index contributed by atoms with van der Waals surface area (Å²) >= 11 is 0. The molecule has 1 N–H and O–H groups in total. The topological polar surface area (TPSA) is 46.5 Å². The van der Waals surface area contributed by atoms with Crippen molar-refractivity contribution in [1.82, 2.24) is 0 Å². The Hall–Kier alpha value is -1.18. The van der Waals surface area contributed by atoms with Gasteiger partial charge in [0.15, 0.2) is 6.61 Å². The molecule has 0 rings (SSSR count). The van der Waals surface area contributed by atoms with Crippen LogP contribution >= 0.6 is 0 Å².